The number of nitrogens with one attached hydrogen (secondary N) is 1. The highest BCUT2D eigenvalue weighted by molar-refractivity contribution is 8.00. The molecule has 1 amide bonds. The van der Waals surface area contributed by atoms with E-state index >= 15 is 0 Å². The third-order valence-corrected chi connectivity index (χ3v) is 4.31. The molecule has 0 aliphatic heterocycles. The van der Waals surface area contributed by atoms with Gasteiger partial charge in [0.05, 0.1) is 6.04 Å². The van der Waals surface area contributed by atoms with E-state index in [1.807, 2.05) is 11.8 Å². The molecule has 0 saturated heterocycles. The molecule has 0 heterocycles. The predicted octanol–water partition coefficient (Wildman–Crippen LogP) is 1.37. The minimum atomic E-state index is -0.414. The van der Waals surface area contributed by atoms with Crippen molar-refractivity contribution in [3.8, 4) is 0 Å². The number of hydrogen-bond acceptors (Lipinski definition) is 3. The van der Waals surface area contributed by atoms with Gasteiger partial charge in [0.25, 0.3) is 0 Å². The zero-order valence-electron chi connectivity index (χ0n) is 9.59. The maximum absolute atomic E-state index is 11.3. The van der Waals surface area contributed by atoms with Crippen molar-refractivity contribution in [3.63, 3.8) is 0 Å². The van der Waals surface area contributed by atoms with Gasteiger partial charge in [-0.25, -0.2) is 0 Å². The second kappa shape index (κ2) is 6.30. The van der Waals surface area contributed by atoms with Crippen molar-refractivity contribution in [1.82, 2.24) is 5.32 Å². The summed E-state index contributed by atoms with van der Waals surface area (Å²) >= 11 is 1.82. The first kappa shape index (κ1) is 13.8. The average molecular weight is 218 g/mol. The van der Waals surface area contributed by atoms with Crippen LogP contribution in [-0.2, 0) is 4.79 Å². The summed E-state index contributed by atoms with van der Waals surface area (Å²) in [5.41, 5.74) is 5.47. The van der Waals surface area contributed by atoms with Gasteiger partial charge in [0.1, 0.15) is 0 Å². The molecule has 0 aromatic heterocycles. The highest BCUT2D eigenvalue weighted by Crippen LogP contribution is 2.29. The Morgan fingerprint density at radius 2 is 2.00 bits per heavy atom. The van der Waals surface area contributed by atoms with Gasteiger partial charge in [0.2, 0.25) is 5.91 Å². The standard InChI is InChI=1S/C10H22N2OS/c1-5-10(6-2,14-4)7-12-9(13)8(3)11/h8H,5-7,11H2,1-4H3,(H,12,13)/t8-/m1/s1. The van der Waals surface area contributed by atoms with Crippen LogP contribution in [0.2, 0.25) is 0 Å². The number of carbonyl (C=O) groups is 1. The Labute approximate surface area is 91.2 Å². The fourth-order valence-electron chi connectivity index (χ4n) is 1.27. The fourth-order valence-corrected chi connectivity index (χ4v) is 2.06. The molecule has 1 atom stereocenters. The molecule has 0 radical (unpaired) electrons. The summed E-state index contributed by atoms with van der Waals surface area (Å²) in [4.78, 5) is 11.3. The van der Waals surface area contributed by atoms with Crippen molar-refractivity contribution in [2.75, 3.05) is 12.8 Å². The van der Waals surface area contributed by atoms with Crippen molar-refractivity contribution in [2.24, 2.45) is 5.73 Å². The molecule has 0 saturated carbocycles. The van der Waals surface area contributed by atoms with Crippen LogP contribution < -0.4 is 11.1 Å². The first-order chi connectivity index (χ1) is 6.51. The molecule has 3 N–H and O–H groups in total. The zero-order valence-corrected chi connectivity index (χ0v) is 10.4. The smallest absolute Gasteiger partial charge is 0.236 e. The first-order valence-corrected chi connectivity index (χ1v) is 6.32. The van der Waals surface area contributed by atoms with E-state index < -0.39 is 6.04 Å². The molecule has 0 fully saturated rings. The van der Waals surface area contributed by atoms with E-state index in [-0.39, 0.29) is 10.7 Å². The third kappa shape index (κ3) is 3.88. The quantitative estimate of drug-likeness (QED) is 0.708. The van der Waals surface area contributed by atoms with Gasteiger partial charge >= 0.3 is 0 Å². The lowest BCUT2D eigenvalue weighted by Gasteiger charge is -2.30. The molecule has 0 rings (SSSR count). The third-order valence-electron chi connectivity index (χ3n) is 2.72. The summed E-state index contributed by atoms with van der Waals surface area (Å²) in [7, 11) is 0. The van der Waals surface area contributed by atoms with Crippen molar-refractivity contribution in [3.05, 3.63) is 0 Å². The molecule has 14 heavy (non-hydrogen) atoms. The van der Waals surface area contributed by atoms with E-state index in [1.165, 1.54) is 0 Å². The maximum Gasteiger partial charge on any atom is 0.236 e. The second-order valence-electron chi connectivity index (χ2n) is 3.60. The van der Waals surface area contributed by atoms with Crippen LogP contribution in [0.5, 0.6) is 0 Å². The van der Waals surface area contributed by atoms with E-state index in [9.17, 15) is 4.79 Å². The summed E-state index contributed by atoms with van der Waals surface area (Å²) in [6.45, 7) is 6.71. The minimum absolute atomic E-state index is 0.0645. The SMILES string of the molecule is CCC(CC)(CNC(=O)[C@@H](C)N)SC. The van der Waals surface area contributed by atoms with Gasteiger partial charge in [-0.3, -0.25) is 4.79 Å². The summed E-state index contributed by atoms with van der Waals surface area (Å²) in [5, 5.41) is 2.89. The average Bonchev–Trinajstić information content (AvgIpc) is 2.20. The minimum Gasteiger partial charge on any atom is -0.353 e. The number of hydrogen-bond donors (Lipinski definition) is 2. The topological polar surface area (TPSA) is 55.1 Å². The van der Waals surface area contributed by atoms with E-state index in [4.69, 9.17) is 5.73 Å². The normalized spacial score (nSPS) is 13.8. The molecule has 0 aliphatic carbocycles. The van der Waals surface area contributed by atoms with Crippen molar-refractivity contribution < 1.29 is 4.79 Å². The Balaban J connectivity index is 4.12. The van der Waals surface area contributed by atoms with Crippen molar-refractivity contribution >= 4 is 17.7 Å². The van der Waals surface area contributed by atoms with Gasteiger partial charge in [-0.05, 0) is 26.0 Å². The van der Waals surface area contributed by atoms with E-state index in [0.717, 1.165) is 12.8 Å². The Morgan fingerprint density at radius 3 is 2.29 bits per heavy atom. The van der Waals surface area contributed by atoms with Gasteiger partial charge in [-0.2, -0.15) is 11.8 Å². The Hall–Kier alpha value is -0.220. The summed E-state index contributed by atoms with van der Waals surface area (Å²) in [5.74, 6) is -0.0645. The summed E-state index contributed by atoms with van der Waals surface area (Å²) in [6, 6.07) is -0.414. The molecule has 0 unspecified atom stereocenters. The van der Waals surface area contributed by atoms with E-state index in [1.54, 1.807) is 6.92 Å². The van der Waals surface area contributed by atoms with E-state index in [0.29, 0.717) is 6.54 Å². The molecule has 4 heteroatoms. The number of carbonyl (C=O) groups excluding carboxylic acids is 1. The molecule has 84 valence electrons. The Kier molecular flexibility index (Phi) is 6.20. The van der Waals surface area contributed by atoms with Crippen LogP contribution in [0.15, 0.2) is 0 Å². The summed E-state index contributed by atoms with van der Waals surface area (Å²) in [6.07, 6.45) is 4.21. The zero-order chi connectivity index (χ0) is 11.2. The number of rotatable bonds is 6. The van der Waals surface area contributed by atoms with Crippen LogP contribution in [0, 0.1) is 0 Å². The van der Waals surface area contributed by atoms with Crippen LogP contribution in [0.25, 0.3) is 0 Å². The lowest BCUT2D eigenvalue weighted by Crippen LogP contribution is -2.45. The maximum atomic E-state index is 11.3. The lowest BCUT2D eigenvalue weighted by molar-refractivity contribution is -0.122. The molecule has 0 bridgehead atoms. The van der Waals surface area contributed by atoms with Gasteiger partial charge in [-0.1, -0.05) is 13.8 Å². The number of thioether (sulfide) groups is 1. The van der Waals surface area contributed by atoms with Gasteiger partial charge in [0, 0.05) is 11.3 Å². The monoisotopic (exact) mass is 218 g/mol. The Morgan fingerprint density at radius 1 is 1.50 bits per heavy atom. The van der Waals surface area contributed by atoms with Crippen LogP contribution in [0.3, 0.4) is 0 Å². The molecular formula is C10H22N2OS. The van der Waals surface area contributed by atoms with Crippen LogP contribution in [0.4, 0.5) is 0 Å². The summed E-state index contributed by atoms with van der Waals surface area (Å²) < 4.78 is 0.171. The largest absolute Gasteiger partial charge is 0.353 e. The van der Waals surface area contributed by atoms with Gasteiger partial charge < -0.3 is 11.1 Å². The lowest BCUT2D eigenvalue weighted by atomic mass is 10.0. The highest BCUT2D eigenvalue weighted by Gasteiger charge is 2.25. The molecule has 0 spiro atoms. The molecular weight excluding hydrogens is 196 g/mol. The molecule has 0 aliphatic rings. The number of nitrogens with two attached hydrogens (primary N) is 1. The number of amides is 1. The fraction of sp³-hybridized carbons (Fsp3) is 0.900. The van der Waals surface area contributed by atoms with Crippen LogP contribution in [0.1, 0.15) is 33.6 Å². The predicted molar refractivity (Wildman–Crippen MR) is 63.5 cm³/mol. The van der Waals surface area contributed by atoms with Crippen molar-refractivity contribution in [2.45, 2.75) is 44.4 Å². The molecule has 3 nitrogen and oxygen atoms in total. The van der Waals surface area contributed by atoms with Crippen LogP contribution >= 0.6 is 11.8 Å². The van der Waals surface area contributed by atoms with Gasteiger partial charge in [0.15, 0.2) is 0 Å². The van der Waals surface area contributed by atoms with Crippen LogP contribution in [-0.4, -0.2) is 29.5 Å². The first-order valence-electron chi connectivity index (χ1n) is 5.09. The Bertz CT molecular complexity index is 171. The molecule has 0 aromatic rings. The highest BCUT2D eigenvalue weighted by atomic mass is 32.2. The van der Waals surface area contributed by atoms with E-state index in [2.05, 4.69) is 25.4 Å². The molecule has 0 aromatic carbocycles. The van der Waals surface area contributed by atoms with Gasteiger partial charge in [-0.15, -0.1) is 0 Å². The van der Waals surface area contributed by atoms with Crippen molar-refractivity contribution in [1.29, 1.82) is 0 Å². The second-order valence-corrected chi connectivity index (χ2v) is 4.87.